The average molecular weight is 266 g/mol. The van der Waals surface area contributed by atoms with E-state index in [0.717, 1.165) is 16.7 Å². The van der Waals surface area contributed by atoms with Crippen molar-refractivity contribution in [3.05, 3.63) is 53.8 Å². The van der Waals surface area contributed by atoms with Crippen LogP contribution in [0.25, 0.3) is 22.4 Å². The van der Waals surface area contributed by atoms with Crippen LogP contribution in [0.15, 0.2) is 46.9 Å². The Balaban J connectivity index is 2.27. The molecule has 0 aliphatic heterocycles. The number of fused-ring (bicyclic) bond motifs is 1. The molecule has 1 N–H and O–H groups in total. The van der Waals surface area contributed by atoms with Crippen LogP contribution >= 0.6 is 0 Å². The van der Waals surface area contributed by atoms with Crippen molar-refractivity contribution in [1.82, 2.24) is 10.3 Å². The third-order valence-corrected chi connectivity index (χ3v) is 3.18. The molecule has 0 saturated heterocycles. The lowest BCUT2D eigenvalue weighted by Crippen LogP contribution is -2.18. The quantitative estimate of drug-likeness (QED) is 0.775. The maximum Gasteiger partial charge on any atom is 0.251 e. The zero-order valence-electron chi connectivity index (χ0n) is 11.3. The summed E-state index contributed by atoms with van der Waals surface area (Å²) in [7, 11) is 1.62. The van der Waals surface area contributed by atoms with Gasteiger partial charge >= 0.3 is 0 Å². The van der Waals surface area contributed by atoms with Crippen molar-refractivity contribution in [3.8, 4) is 11.5 Å². The number of nitrogens with one attached hydrogen (secondary N) is 1. The van der Waals surface area contributed by atoms with Crippen LogP contribution in [0.4, 0.5) is 0 Å². The minimum atomic E-state index is -0.131. The molecule has 3 aromatic rings. The average Bonchev–Trinajstić information content (AvgIpc) is 2.92. The Hall–Kier alpha value is -2.62. The van der Waals surface area contributed by atoms with Gasteiger partial charge in [-0.25, -0.2) is 4.98 Å². The van der Waals surface area contributed by atoms with E-state index in [9.17, 15) is 4.79 Å². The molecule has 1 aromatic carbocycles. The predicted molar refractivity (Wildman–Crippen MR) is 77.6 cm³/mol. The Kier molecular flexibility index (Phi) is 2.99. The Morgan fingerprint density at radius 2 is 2.00 bits per heavy atom. The zero-order valence-corrected chi connectivity index (χ0v) is 11.3. The van der Waals surface area contributed by atoms with Gasteiger partial charge in [-0.05, 0) is 31.2 Å². The second-order valence-electron chi connectivity index (χ2n) is 4.56. The van der Waals surface area contributed by atoms with E-state index in [-0.39, 0.29) is 5.91 Å². The largest absolute Gasteiger partial charge is 0.460 e. The van der Waals surface area contributed by atoms with E-state index in [1.807, 2.05) is 43.3 Å². The third kappa shape index (κ3) is 2.05. The maximum atomic E-state index is 12.0. The summed E-state index contributed by atoms with van der Waals surface area (Å²) in [5, 5.41) is 3.49. The number of benzene rings is 1. The third-order valence-electron chi connectivity index (χ3n) is 3.18. The van der Waals surface area contributed by atoms with E-state index in [0.29, 0.717) is 17.0 Å². The van der Waals surface area contributed by atoms with Crippen LogP contribution in [0.3, 0.4) is 0 Å². The lowest BCUT2D eigenvalue weighted by atomic mass is 10.1. The molecule has 2 aromatic heterocycles. The summed E-state index contributed by atoms with van der Waals surface area (Å²) in [6.07, 6.45) is 0. The molecule has 4 nitrogen and oxygen atoms in total. The van der Waals surface area contributed by atoms with Gasteiger partial charge in [0.2, 0.25) is 0 Å². The fourth-order valence-corrected chi connectivity index (χ4v) is 2.20. The molecule has 1 amide bonds. The van der Waals surface area contributed by atoms with E-state index in [2.05, 4.69) is 10.3 Å². The van der Waals surface area contributed by atoms with Crippen LogP contribution in [0.2, 0.25) is 0 Å². The second kappa shape index (κ2) is 4.81. The van der Waals surface area contributed by atoms with Crippen LogP contribution in [-0.2, 0) is 0 Å². The van der Waals surface area contributed by atoms with Gasteiger partial charge in [0.25, 0.3) is 5.91 Å². The molecule has 100 valence electrons. The van der Waals surface area contributed by atoms with E-state index >= 15 is 0 Å². The van der Waals surface area contributed by atoms with Gasteiger partial charge in [0.15, 0.2) is 5.76 Å². The van der Waals surface area contributed by atoms with Gasteiger partial charge in [0, 0.05) is 12.4 Å². The number of amides is 1. The fraction of sp³-hybridized carbons (Fsp3) is 0.125. The van der Waals surface area contributed by atoms with Crippen LogP contribution in [0.1, 0.15) is 16.1 Å². The highest BCUT2D eigenvalue weighted by Gasteiger charge is 2.14. The van der Waals surface area contributed by atoms with Crippen LogP contribution in [0.5, 0.6) is 0 Å². The Labute approximate surface area is 116 Å². The van der Waals surface area contributed by atoms with Gasteiger partial charge < -0.3 is 9.73 Å². The summed E-state index contributed by atoms with van der Waals surface area (Å²) >= 11 is 0. The van der Waals surface area contributed by atoms with Crippen molar-refractivity contribution in [3.63, 3.8) is 0 Å². The number of carbonyl (C=O) groups is 1. The molecular weight excluding hydrogens is 252 g/mol. The number of para-hydroxylation sites is 1. The minimum absolute atomic E-state index is 0.131. The zero-order chi connectivity index (χ0) is 14.1. The number of furan rings is 1. The summed E-state index contributed by atoms with van der Waals surface area (Å²) in [6, 6.07) is 13.1. The number of hydrogen-bond donors (Lipinski definition) is 1. The molecule has 0 aliphatic rings. The number of aryl methyl sites for hydroxylation is 1. The molecule has 20 heavy (non-hydrogen) atoms. The van der Waals surface area contributed by atoms with Gasteiger partial charge in [-0.1, -0.05) is 18.2 Å². The standard InChI is InChI=1S/C16H14N2O2/c1-10-7-8-15(20-10)14-9-12(16(19)17-2)11-5-3-4-6-13(11)18-14/h3-9H,1-2H3,(H,17,19). The summed E-state index contributed by atoms with van der Waals surface area (Å²) in [5.41, 5.74) is 2.04. The van der Waals surface area contributed by atoms with Crippen molar-refractivity contribution in [2.75, 3.05) is 7.05 Å². The van der Waals surface area contributed by atoms with Crippen molar-refractivity contribution in [2.24, 2.45) is 0 Å². The van der Waals surface area contributed by atoms with E-state index in [4.69, 9.17) is 4.42 Å². The molecule has 0 saturated carbocycles. The molecule has 0 unspecified atom stereocenters. The molecular formula is C16H14N2O2. The Morgan fingerprint density at radius 3 is 2.70 bits per heavy atom. The monoisotopic (exact) mass is 266 g/mol. The van der Waals surface area contributed by atoms with Gasteiger partial charge in [-0.15, -0.1) is 0 Å². The summed E-state index contributed by atoms with van der Waals surface area (Å²) in [4.78, 5) is 16.6. The number of rotatable bonds is 2. The molecule has 4 heteroatoms. The number of aromatic nitrogens is 1. The van der Waals surface area contributed by atoms with E-state index in [1.165, 1.54) is 0 Å². The van der Waals surface area contributed by atoms with Crippen molar-refractivity contribution in [1.29, 1.82) is 0 Å². The number of nitrogens with zero attached hydrogens (tertiary/aromatic N) is 1. The summed E-state index contributed by atoms with van der Waals surface area (Å²) in [6.45, 7) is 1.88. The maximum absolute atomic E-state index is 12.0. The molecule has 0 aliphatic carbocycles. The van der Waals surface area contributed by atoms with Crippen LogP contribution in [0, 0.1) is 6.92 Å². The smallest absolute Gasteiger partial charge is 0.251 e. The molecule has 3 rings (SSSR count). The predicted octanol–water partition coefficient (Wildman–Crippen LogP) is 3.16. The first-order valence-corrected chi connectivity index (χ1v) is 6.37. The van der Waals surface area contributed by atoms with E-state index < -0.39 is 0 Å². The molecule has 0 atom stereocenters. The van der Waals surface area contributed by atoms with Crippen molar-refractivity contribution < 1.29 is 9.21 Å². The first kappa shape index (κ1) is 12.4. The molecule has 0 fully saturated rings. The normalized spacial score (nSPS) is 10.7. The molecule has 2 heterocycles. The molecule has 0 spiro atoms. The van der Waals surface area contributed by atoms with Crippen molar-refractivity contribution >= 4 is 16.8 Å². The fourth-order valence-electron chi connectivity index (χ4n) is 2.20. The molecule has 0 radical (unpaired) electrons. The number of hydrogen-bond acceptors (Lipinski definition) is 3. The SMILES string of the molecule is CNC(=O)c1cc(-c2ccc(C)o2)nc2ccccc12. The second-order valence-corrected chi connectivity index (χ2v) is 4.56. The van der Waals surface area contributed by atoms with Gasteiger partial charge in [0.05, 0.1) is 11.1 Å². The minimum Gasteiger partial charge on any atom is -0.460 e. The lowest BCUT2D eigenvalue weighted by Gasteiger charge is -2.07. The van der Waals surface area contributed by atoms with Gasteiger partial charge in [-0.2, -0.15) is 0 Å². The van der Waals surface area contributed by atoms with Crippen molar-refractivity contribution in [2.45, 2.75) is 6.92 Å². The first-order chi connectivity index (χ1) is 9.69. The van der Waals surface area contributed by atoms with Crippen LogP contribution in [-0.4, -0.2) is 17.9 Å². The Bertz CT molecular complexity index is 790. The highest BCUT2D eigenvalue weighted by Crippen LogP contribution is 2.26. The summed E-state index contributed by atoms with van der Waals surface area (Å²) in [5.74, 6) is 1.35. The number of pyridine rings is 1. The Morgan fingerprint density at radius 1 is 1.20 bits per heavy atom. The number of carbonyl (C=O) groups excluding carboxylic acids is 1. The highest BCUT2D eigenvalue weighted by atomic mass is 16.3. The lowest BCUT2D eigenvalue weighted by molar-refractivity contribution is 0.0964. The highest BCUT2D eigenvalue weighted by molar-refractivity contribution is 6.06. The first-order valence-electron chi connectivity index (χ1n) is 6.37. The molecule has 0 bridgehead atoms. The summed E-state index contributed by atoms with van der Waals surface area (Å²) < 4.78 is 5.59. The van der Waals surface area contributed by atoms with Gasteiger partial charge in [-0.3, -0.25) is 4.79 Å². The topological polar surface area (TPSA) is 55.1 Å². The van der Waals surface area contributed by atoms with Crippen LogP contribution < -0.4 is 5.32 Å². The van der Waals surface area contributed by atoms with E-state index in [1.54, 1.807) is 13.1 Å². The van der Waals surface area contributed by atoms with Gasteiger partial charge in [0.1, 0.15) is 11.5 Å².